The molecule has 6 nitrogen and oxygen atoms in total. The lowest BCUT2D eigenvalue weighted by molar-refractivity contribution is -0.128. The van der Waals surface area contributed by atoms with Crippen LogP contribution in [-0.2, 0) is 22.6 Å². The lowest BCUT2D eigenvalue weighted by Gasteiger charge is -2.34. The lowest BCUT2D eigenvalue weighted by atomic mass is 10.0. The third-order valence-electron chi connectivity index (χ3n) is 6.14. The minimum absolute atomic E-state index is 0.167. The first-order valence-electron chi connectivity index (χ1n) is 11.9. The number of hydrazine groups is 1. The highest BCUT2D eigenvalue weighted by Gasteiger charge is 2.17. The van der Waals surface area contributed by atoms with Gasteiger partial charge >= 0.3 is 0 Å². The molecule has 3 aromatic rings. The van der Waals surface area contributed by atoms with Crippen molar-refractivity contribution in [3.05, 3.63) is 96.1 Å². The summed E-state index contributed by atoms with van der Waals surface area (Å²) in [6.45, 7) is 5.56. The van der Waals surface area contributed by atoms with Gasteiger partial charge in [-0.15, -0.1) is 0 Å². The van der Waals surface area contributed by atoms with Crippen LogP contribution < -0.4 is 10.9 Å². The van der Waals surface area contributed by atoms with Gasteiger partial charge < -0.3 is 4.90 Å². The topological polar surface area (TPSA) is 64.7 Å². The van der Waals surface area contributed by atoms with Gasteiger partial charge in [0, 0.05) is 45.7 Å². The van der Waals surface area contributed by atoms with Gasteiger partial charge in [-0.2, -0.15) is 0 Å². The fraction of sp³-hybridized carbons (Fsp3) is 0.286. The first-order chi connectivity index (χ1) is 16.7. The van der Waals surface area contributed by atoms with Gasteiger partial charge in [0.25, 0.3) is 0 Å². The zero-order valence-electron chi connectivity index (χ0n) is 19.5. The predicted octanol–water partition coefficient (Wildman–Crippen LogP) is 3.25. The second kappa shape index (κ2) is 12.1. The molecular formula is C28H32N4O2. The Kier molecular flexibility index (Phi) is 8.43. The third-order valence-corrected chi connectivity index (χ3v) is 6.14. The van der Waals surface area contributed by atoms with E-state index in [1.165, 1.54) is 5.56 Å². The number of hydrogen-bond acceptors (Lipinski definition) is 4. The van der Waals surface area contributed by atoms with Crippen molar-refractivity contribution in [2.24, 2.45) is 0 Å². The highest BCUT2D eigenvalue weighted by molar-refractivity contribution is 5.83. The van der Waals surface area contributed by atoms with Crippen molar-refractivity contribution in [1.82, 2.24) is 20.7 Å². The van der Waals surface area contributed by atoms with E-state index in [1.807, 2.05) is 48.5 Å². The molecule has 2 N–H and O–H groups in total. The summed E-state index contributed by atoms with van der Waals surface area (Å²) in [5.41, 5.74) is 9.57. The average Bonchev–Trinajstić information content (AvgIpc) is 2.89. The van der Waals surface area contributed by atoms with Crippen LogP contribution in [0.4, 0.5) is 0 Å². The van der Waals surface area contributed by atoms with Crippen molar-refractivity contribution in [2.75, 3.05) is 32.7 Å². The van der Waals surface area contributed by atoms with E-state index < -0.39 is 0 Å². The van der Waals surface area contributed by atoms with Crippen LogP contribution >= 0.6 is 0 Å². The Morgan fingerprint density at radius 1 is 0.618 bits per heavy atom. The molecule has 0 atom stereocenters. The van der Waals surface area contributed by atoms with Gasteiger partial charge in [0.15, 0.2) is 0 Å². The molecular weight excluding hydrogens is 424 g/mol. The van der Waals surface area contributed by atoms with E-state index in [0.717, 1.165) is 49.4 Å². The molecule has 1 aliphatic heterocycles. The molecule has 4 rings (SSSR count). The second-order valence-electron chi connectivity index (χ2n) is 8.69. The Hall–Kier alpha value is -3.48. The normalized spacial score (nSPS) is 14.5. The molecule has 6 heteroatoms. The molecule has 34 heavy (non-hydrogen) atoms. The van der Waals surface area contributed by atoms with E-state index in [4.69, 9.17) is 0 Å². The molecule has 0 spiro atoms. The summed E-state index contributed by atoms with van der Waals surface area (Å²) in [5, 5.41) is 0. The molecule has 1 fully saturated rings. The molecule has 1 heterocycles. The first kappa shape index (κ1) is 23.7. The highest BCUT2D eigenvalue weighted by Crippen LogP contribution is 2.19. The van der Waals surface area contributed by atoms with Crippen molar-refractivity contribution < 1.29 is 9.59 Å². The van der Waals surface area contributed by atoms with Crippen molar-refractivity contribution >= 4 is 11.8 Å². The predicted molar refractivity (Wildman–Crippen MR) is 135 cm³/mol. The maximum absolute atomic E-state index is 12.2. The van der Waals surface area contributed by atoms with Crippen LogP contribution in [0.5, 0.6) is 0 Å². The Labute approximate surface area is 201 Å². The number of benzene rings is 3. The molecule has 176 valence electrons. The van der Waals surface area contributed by atoms with Gasteiger partial charge in [0.1, 0.15) is 0 Å². The number of carbonyl (C=O) groups excluding carboxylic acids is 2. The van der Waals surface area contributed by atoms with Crippen LogP contribution in [0.2, 0.25) is 0 Å². The number of carbonyl (C=O) groups is 2. The van der Waals surface area contributed by atoms with Gasteiger partial charge in [-0.25, -0.2) is 0 Å². The maximum atomic E-state index is 12.2. The zero-order valence-corrected chi connectivity index (χ0v) is 19.5. The fourth-order valence-electron chi connectivity index (χ4n) is 4.15. The Morgan fingerprint density at radius 3 is 1.85 bits per heavy atom. The summed E-state index contributed by atoms with van der Waals surface area (Å²) in [5.74, 6) is -0.394. The van der Waals surface area contributed by atoms with Gasteiger partial charge in [-0.3, -0.25) is 25.3 Å². The lowest BCUT2D eigenvalue weighted by Crippen LogP contribution is -2.48. The SMILES string of the molecule is O=C(CCN1CCN(Cc2ccccc2)CC1)NNC(=O)Cc1ccc(-c2ccccc2)cc1. The minimum Gasteiger partial charge on any atom is -0.300 e. The quantitative estimate of drug-likeness (QED) is 0.511. The van der Waals surface area contributed by atoms with Crippen LogP contribution in [0.15, 0.2) is 84.9 Å². The van der Waals surface area contributed by atoms with Gasteiger partial charge in [0.05, 0.1) is 6.42 Å². The standard InChI is InChI=1S/C28H32N4O2/c33-27(15-16-31-17-19-32(20-18-31)22-24-7-3-1-4-8-24)29-30-28(34)21-23-11-13-26(14-12-23)25-9-5-2-6-10-25/h1-14H,15-22H2,(H,29,33)(H,30,34). The summed E-state index contributed by atoms with van der Waals surface area (Å²) < 4.78 is 0. The van der Waals surface area contributed by atoms with Gasteiger partial charge in [0.2, 0.25) is 11.8 Å². The van der Waals surface area contributed by atoms with E-state index in [0.29, 0.717) is 13.0 Å². The van der Waals surface area contributed by atoms with Crippen LogP contribution in [0, 0.1) is 0 Å². The van der Waals surface area contributed by atoms with Crippen molar-refractivity contribution in [3.63, 3.8) is 0 Å². The van der Waals surface area contributed by atoms with E-state index >= 15 is 0 Å². The molecule has 0 aliphatic carbocycles. The van der Waals surface area contributed by atoms with E-state index in [1.54, 1.807) is 0 Å². The van der Waals surface area contributed by atoms with Gasteiger partial charge in [-0.1, -0.05) is 84.9 Å². The van der Waals surface area contributed by atoms with E-state index in [9.17, 15) is 9.59 Å². The maximum Gasteiger partial charge on any atom is 0.242 e. The Bertz CT molecular complexity index is 1050. The second-order valence-corrected chi connectivity index (χ2v) is 8.69. The number of piperazine rings is 1. The van der Waals surface area contributed by atoms with Crippen LogP contribution in [0.1, 0.15) is 17.5 Å². The minimum atomic E-state index is -0.227. The molecule has 1 aliphatic rings. The average molecular weight is 457 g/mol. The number of rotatable bonds is 8. The van der Waals surface area contributed by atoms with Crippen LogP contribution in [0.25, 0.3) is 11.1 Å². The van der Waals surface area contributed by atoms with Crippen molar-refractivity contribution in [2.45, 2.75) is 19.4 Å². The molecule has 0 radical (unpaired) electrons. The molecule has 0 saturated carbocycles. The highest BCUT2D eigenvalue weighted by atomic mass is 16.2. The smallest absolute Gasteiger partial charge is 0.242 e. The summed E-state index contributed by atoms with van der Waals surface area (Å²) in [6.07, 6.45) is 0.587. The molecule has 0 bridgehead atoms. The molecule has 0 aromatic heterocycles. The van der Waals surface area contributed by atoms with Crippen molar-refractivity contribution in [3.8, 4) is 11.1 Å². The summed E-state index contributed by atoms with van der Waals surface area (Å²) in [6, 6.07) is 28.5. The Balaban J connectivity index is 1.11. The molecule has 3 aromatic carbocycles. The van der Waals surface area contributed by atoms with E-state index in [2.05, 4.69) is 57.0 Å². The number of hydrogen-bond donors (Lipinski definition) is 2. The zero-order chi connectivity index (χ0) is 23.6. The molecule has 1 saturated heterocycles. The Morgan fingerprint density at radius 2 is 1.18 bits per heavy atom. The summed E-state index contributed by atoms with van der Waals surface area (Å²) in [4.78, 5) is 29.2. The third kappa shape index (κ3) is 7.27. The summed E-state index contributed by atoms with van der Waals surface area (Å²) in [7, 11) is 0. The molecule has 2 amide bonds. The van der Waals surface area contributed by atoms with E-state index in [-0.39, 0.29) is 18.2 Å². The summed E-state index contributed by atoms with van der Waals surface area (Å²) >= 11 is 0. The van der Waals surface area contributed by atoms with Crippen LogP contribution in [0.3, 0.4) is 0 Å². The number of amides is 2. The molecule has 0 unspecified atom stereocenters. The first-order valence-corrected chi connectivity index (χ1v) is 11.9. The fourth-order valence-corrected chi connectivity index (χ4v) is 4.15. The number of nitrogens with one attached hydrogen (secondary N) is 2. The monoisotopic (exact) mass is 456 g/mol. The van der Waals surface area contributed by atoms with Crippen molar-refractivity contribution in [1.29, 1.82) is 0 Å². The van der Waals surface area contributed by atoms with Gasteiger partial charge in [-0.05, 0) is 22.3 Å². The number of nitrogens with zero attached hydrogens (tertiary/aromatic N) is 2. The largest absolute Gasteiger partial charge is 0.300 e. The van der Waals surface area contributed by atoms with Crippen LogP contribution in [-0.4, -0.2) is 54.3 Å².